The van der Waals surface area contributed by atoms with Gasteiger partial charge < -0.3 is 20.3 Å². The highest BCUT2D eigenvalue weighted by Crippen LogP contribution is 2.18. The SMILES string of the molecule is CCCCCCCCCCCCCCCCCCC(=O)OCCCCCCCCCCCCCCCCCCCCCCCC(=O)NC(CO)C(O)CCCCCCCCCCCCCCC. The van der Waals surface area contributed by atoms with Crippen molar-refractivity contribution in [2.75, 3.05) is 13.2 Å². The lowest BCUT2D eigenvalue weighted by atomic mass is 10.0. The third-order valence-corrected chi connectivity index (χ3v) is 14.7. The van der Waals surface area contributed by atoms with Crippen LogP contribution in [0.5, 0.6) is 0 Å². The molecule has 1 amide bonds. The molecule has 6 nitrogen and oxygen atoms in total. The Morgan fingerprint density at radius 2 is 0.612 bits per heavy atom. The van der Waals surface area contributed by atoms with Gasteiger partial charge in [-0.05, 0) is 25.7 Å². The number of hydrogen-bond acceptors (Lipinski definition) is 5. The molecule has 0 aliphatic rings. The molecular weight excluding hydrogens is 827 g/mol. The fourth-order valence-electron chi connectivity index (χ4n) is 9.94. The van der Waals surface area contributed by atoms with Gasteiger partial charge in [0.15, 0.2) is 0 Å². The first-order chi connectivity index (χ1) is 33.0. The fourth-order valence-corrected chi connectivity index (χ4v) is 9.94. The van der Waals surface area contributed by atoms with Gasteiger partial charge in [0.05, 0.1) is 25.4 Å². The molecule has 0 heterocycles. The van der Waals surface area contributed by atoms with Gasteiger partial charge in [-0.3, -0.25) is 9.59 Å². The fraction of sp³-hybridized carbons (Fsp3) is 0.967. The second-order valence-electron chi connectivity index (χ2n) is 21.4. The number of ether oxygens (including phenoxy) is 1. The van der Waals surface area contributed by atoms with Crippen LogP contribution in [0.1, 0.15) is 354 Å². The van der Waals surface area contributed by atoms with Gasteiger partial charge in [0.2, 0.25) is 5.91 Å². The quantitative estimate of drug-likeness (QED) is 0.0417. The van der Waals surface area contributed by atoms with Crippen molar-refractivity contribution in [3.63, 3.8) is 0 Å². The van der Waals surface area contributed by atoms with Crippen LogP contribution in [0.2, 0.25) is 0 Å². The summed E-state index contributed by atoms with van der Waals surface area (Å²) in [4.78, 5) is 24.5. The van der Waals surface area contributed by atoms with Gasteiger partial charge >= 0.3 is 5.97 Å². The number of aliphatic hydroxyl groups excluding tert-OH is 2. The van der Waals surface area contributed by atoms with E-state index in [-0.39, 0.29) is 18.5 Å². The lowest BCUT2D eigenvalue weighted by molar-refractivity contribution is -0.143. The minimum atomic E-state index is -0.663. The molecule has 0 aliphatic heterocycles. The number of unbranched alkanes of at least 4 members (excludes halogenated alkanes) is 47. The molecule has 0 saturated heterocycles. The molecule has 0 aromatic carbocycles. The van der Waals surface area contributed by atoms with E-state index in [4.69, 9.17) is 4.74 Å². The van der Waals surface area contributed by atoms with Crippen molar-refractivity contribution in [2.45, 2.75) is 366 Å². The zero-order valence-corrected chi connectivity index (χ0v) is 45.7. The van der Waals surface area contributed by atoms with Crippen LogP contribution in [0.4, 0.5) is 0 Å². The van der Waals surface area contributed by atoms with E-state index in [0.29, 0.717) is 25.9 Å². The molecule has 0 radical (unpaired) electrons. The Labute approximate surface area is 419 Å². The molecule has 0 fully saturated rings. The van der Waals surface area contributed by atoms with Crippen LogP contribution in [-0.2, 0) is 14.3 Å². The van der Waals surface area contributed by atoms with Gasteiger partial charge in [0.25, 0.3) is 0 Å². The average molecular weight is 949 g/mol. The number of amides is 1. The molecule has 0 aromatic rings. The molecule has 6 heteroatoms. The highest BCUT2D eigenvalue weighted by Gasteiger charge is 2.20. The second-order valence-corrected chi connectivity index (χ2v) is 21.4. The molecule has 0 aliphatic carbocycles. The number of carbonyl (C=O) groups is 2. The van der Waals surface area contributed by atoms with E-state index in [9.17, 15) is 19.8 Å². The summed E-state index contributed by atoms with van der Waals surface area (Å²) in [7, 11) is 0. The summed E-state index contributed by atoms with van der Waals surface area (Å²) >= 11 is 0. The van der Waals surface area contributed by atoms with Crippen LogP contribution in [-0.4, -0.2) is 47.4 Å². The van der Waals surface area contributed by atoms with Crippen molar-refractivity contribution < 1.29 is 24.5 Å². The highest BCUT2D eigenvalue weighted by molar-refractivity contribution is 5.76. The van der Waals surface area contributed by atoms with E-state index in [1.165, 1.54) is 283 Å². The molecule has 0 saturated carbocycles. The highest BCUT2D eigenvalue weighted by atomic mass is 16.5. The van der Waals surface area contributed by atoms with Crippen LogP contribution < -0.4 is 5.32 Å². The number of nitrogens with one attached hydrogen (secondary N) is 1. The Morgan fingerprint density at radius 1 is 0.358 bits per heavy atom. The van der Waals surface area contributed by atoms with Gasteiger partial charge in [-0.1, -0.05) is 316 Å². The second kappa shape index (κ2) is 57.4. The molecule has 0 spiro atoms. The first-order valence-electron chi connectivity index (χ1n) is 30.8. The summed E-state index contributed by atoms with van der Waals surface area (Å²) in [6, 6.07) is -0.540. The Hall–Kier alpha value is -1.14. The molecule has 0 bridgehead atoms. The van der Waals surface area contributed by atoms with Gasteiger partial charge in [-0.15, -0.1) is 0 Å². The monoisotopic (exact) mass is 948 g/mol. The molecule has 2 unspecified atom stereocenters. The zero-order valence-electron chi connectivity index (χ0n) is 45.7. The predicted octanol–water partition coefficient (Wildman–Crippen LogP) is 19.1. The zero-order chi connectivity index (χ0) is 48.6. The van der Waals surface area contributed by atoms with Crippen LogP contribution in [0.15, 0.2) is 0 Å². The number of hydrogen-bond donors (Lipinski definition) is 3. The van der Waals surface area contributed by atoms with Crippen molar-refractivity contribution in [3.05, 3.63) is 0 Å². The van der Waals surface area contributed by atoms with Gasteiger partial charge in [-0.25, -0.2) is 0 Å². The summed E-state index contributed by atoms with van der Waals surface area (Å²) in [6.45, 7) is 4.98. The Morgan fingerprint density at radius 3 is 0.910 bits per heavy atom. The van der Waals surface area contributed by atoms with Crippen molar-refractivity contribution in [3.8, 4) is 0 Å². The normalized spacial score (nSPS) is 12.5. The summed E-state index contributed by atoms with van der Waals surface area (Å²) in [6.07, 6.45) is 66.8. The third-order valence-electron chi connectivity index (χ3n) is 14.7. The summed E-state index contributed by atoms with van der Waals surface area (Å²) < 4.78 is 5.49. The Balaban J connectivity index is 3.35. The summed E-state index contributed by atoms with van der Waals surface area (Å²) in [5, 5.41) is 23.2. The van der Waals surface area contributed by atoms with Crippen LogP contribution in [0, 0.1) is 0 Å². The molecule has 400 valence electrons. The largest absolute Gasteiger partial charge is 0.466 e. The summed E-state index contributed by atoms with van der Waals surface area (Å²) in [5.41, 5.74) is 0. The topological polar surface area (TPSA) is 95.9 Å². The van der Waals surface area contributed by atoms with Crippen LogP contribution in [0.3, 0.4) is 0 Å². The number of aliphatic hydroxyl groups is 2. The number of carbonyl (C=O) groups excluding carboxylic acids is 2. The van der Waals surface area contributed by atoms with Gasteiger partial charge in [0.1, 0.15) is 0 Å². The van der Waals surface area contributed by atoms with Crippen molar-refractivity contribution in [1.82, 2.24) is 5.32 Å². The van der Waals surface area contributed by atoms with E-state index in [1.54, 1.807) is 0 Å². The lowest BCUT2D eigenvalue weighted by Gasteiger charge is -2.22. The van der Waals surface area contributed by atoms with Gasteiger partial charge in [0, 0.05) is 12.8 Å². The minimum absolute atomic E-state index is 0.0164. The molecule has 0 aromatic heterocycles. The van der Waals surface area contributed by atoms with E-state index in [2.05, 4.69) is 19.2 Å². The molecule has 0 rings (SSSR count). The first-order valence-corrected chi connectivity index (χ1v) is 30.8. The number of rotatable bonds is 58. The van der Waals surface area contributed by atoms with E-state index in [0.717, 1.165) is 38.5 Å². The van der Waals surface area contributed by atoms with Crippen LogP contribution in [0.25, 0.3) is 0 Å². The maximum atomic E-state index is 12.5. The predicted molar refractivity (Wildman–Crippen MR) is 292 cm³/mol. The molecule has 3 N–H and O–H groups in total. The third kappa shape index (κ3) is 54.0. The smallest absolute Gasteiger partial charge is 0.305 e. The van der Waals surface area contributed by atoms with Crippen molar-refractivity contribution in [2.24, 2.45) is 0 Å². The molecule has 2 atom stereocenters. The minimum Gasteiger partial charge on any atom is -0.466 e. The van der Waals surface area contributed by atoms with E-state index in [1.807, 2.05) is 0 Å². The molecule has 67 heavy (non-hydrogen) atoms. The summed E-state index contributed by atoms with van der Waals surface area (Å²) in [5.74, 6) is -0.0173. The standard InChI is InChI=1S/C61H121NO5/c1-3-5-7-9-11-13-15-17-18-27-31-35-39-43-47-51-55-61(66)67-56-52-48-44-40-36-32-28-25-23-21-19-20-22-24-26-30-34-38-42-46-50-54-60(65)62-58(57-63)59(64)53-49-45-41-37-33-29-16-14-12-10-8-6-4-2/h58-59,63-64H,3-57H2,1-2H3,(H,62,65). The van der Waals surface area contributed by atoms with E-state index < -0.39 is 12.1 Å². The average Bonchev–Trinajstić information content (AvgIpc) is 3.33. The van der Waals surface area contributed by atoms with Crippen molar-refractivity contribution in [1.29, 1.82) is 0 Å². The maximum Gasteiger partial charge on any atom is 0.305 e. The Kier molecular flexibility index (Phi) is 56.5. The first kappa shape index (κ1) is 65.9. The van der Waals surface area contributed by atoms with Crippen molar-refractivity contribution >= 4 is 11.9 Å². The van der Waals surface area contributed by atoms with Gasteiger partial charge in [-0.2, -0.15) is 0 Å². The number of esters is 1. The molecular formula is C61H121NO5. The van der Waals surface area contributed by atoms with E-state index >= 15 is 0 Å². The maximum absolute atomic E-state index is 12.5. The lowest BCUT2D eigenvalue weighted by Crippen LogP contribution is -2.45. The van der Waals surface area contributed by atoms with Crippen LogP contribution >= 0.6 is 0 Å². The Bertz CT molecular complexity index is 959.